The quantitative estimate of drug-likeness (QED) is 0.173. The van der Waals surface area contributed by atoms with E-state index in [0.717, 1.165) is 6.92 Å². The molecule has 1 saturated heterocycles. The molecule has 0 radical (unpaired) electrons. The van der Waals surface area contributed by atoms with E-state index in [1.54, 1.807) is 0 Å². The second-order valence-corrected chi connectivity index (χ2v) is 5.14. The van der Waals surface area contributed by atoms with E-state index in [0.29, 0.717) is 0 Å². The summed E-state index contributed by atoms with van der Waals surface area (Å²) in [7, 11) is 0. The molecule has 1 aliphatic rings. The molecule has 6 N–H and O–H groups in total. The molecule has 0 aromatic carbocycles. The maximum absolute atomic E-state index is 11.2. The van der Waals surface area contributed by atoms with Crippen LogP contribution in [0.5, 0.6) is 0 Å². The van der Waals surface area contributed by atoms with Crippen LogP contribution in [0.3, 0.4) is 0 Å². The van der Waals surface area contributed by atoms with E-state index in [1.807, 2.05) is 0 Å². The zero-order chi connectivity index (χ0) is 17.8. The van der Waals surface area contributed by atoms with Crippen molar-refractivity contribution in [3.8, 4) is 0 Å². The lowest BCUT2D eigenvalue weighted by Crippen LogP contribution is -2.67. The highest BCUT2D eigenvalue weighted by atomic mass is 16.7. The Balaban J connectivity index is 3.08. The molecule has 1 heterocycles. The van der Waals surface area contributed by atoms with Crippen molar-refractivity contribution in [1.82, 2.24) is 5.32 Å². The number of rotatable bonds is 6. The molecule has 0 saturated carbocycles. The number of carbonyl (C=O) groups is 2. The van der Waals surface area contributed by atoms with Gasteiger partial charge in [-0.25, -0.2) is 4.79 Å². The maximum Gasteiger partial charge on any atom is 0.364 e. The number of carboxylic acid groups (broad SMARTS) is 1. The van der Waals surface area contributed by atoms with Crippen LogP contribution in [0.4, 0.5) is 0 Å². The molecular formula is C11H18N4O8. The van der Waals surface area contributed by atoms with Crippen molar-refractivity contribution in [3.05, 3.63) is 10.4 Å². The van der Waals surface area contributed by atoms with Gasteiger partial charge in [-0.1, -0.05) is 5.11 Å². The van der Waals surface area contributed by atoms with Crippen molar-refractivity contribution < 1.29 is 39.9 Å². The minimum atomic E-state index is -2.81. The topological polar surface area (TPSA) is 205 Å². The zero-order valence-corrected chi connectivity index (χ0v) is 12.1. The smallest absolute Gasteiger partial charge is 0.364 e. The molecule has 1 aliphatic heterocycles. The number of aliphatic hydroxyl groups excluding tert-OH is 3. The van der Waals surface area contributed by atoms with Crippen LogP contribution < -0.4 is 5.32 Å². The molecule has 0 unspecified atom stereocenters. The van der Waals surface area contributed by atoms with Crippen LogP contribution in [-0.2, 0) is 14.3 Å². The number of azide groups is 1. The van der Waals surface area contributed by atoms with Crippen LogP contribution >= 0.6 is 0 Å². The first-order valence-corrected chi connectivity index (χ1v) is 6.58. The van der Waals surface area contributed by atoms with Gasteiger partial charge < -0.3 is 35.6 Å². The highest BCUT2D eigenvalue weighted by Crippen LogP contribution is 2.30. The molecule has 1 fully saturated rings. The zero-order valence-electron chi connectivity index (χ0n) is 12.1. The first-order chi connectivity index (χ1) is 10.6. The molecule has 130 valence electrons. The first-order valence-electron chi connectivity index (χ1n) is 6.58. The molecule has 0 aromatic heterocycles. The highest BCUT2D eigenvalue weighted by Gasteiger charge is 2.53. The number of hydrogen-bond acceptors (Lipinski definition) is 8. The van der Waals surface area contributed by atoms with Crippen LogP contribution in [0.1, 0.15) is 13.3 Å². The third-order valence-corrected chi connectivity index (χ3v) is 3.35. The summed E-state index contributed by atoms with van der Waals surface area (Å²) < 4.78 is 4.92. The van der Waals surface area contributed by atoms with Crippen LogP contribution in [0.15, 0.2) is 5.11 Å². The number of hydrogen-bond donors (Lipinski definition) is 6. The molecule has 0 bridgehead atoms. The SMILES string of the molecule is CC(=O)N[C@H]1[C@H]([C@@H](O)[C@@H](O)CN=[N+]=[N-])O[C@@](O)(C(=O)O)C[C@H]1O. The van der Waals surface area contributed by atoms with Crippen molar-refractivity contribution in [2.45, 2.75) is 49.6 Å². The Hall–Kier alpha value is -1.95. The summed E-state index contributed by atoms with van der Waals surface area (Å²) in [5.74, 6) is -5.22. The molecule has 12 heteroatoms. The number of amides is 1. The summed E-state index contributed by atoms with van der Waals surface area (Å²) in [6, 6.07) is -1.29. The van der Waals surface area contributed by atoms with Crippen LogP contribution in [0.2, 0.25) is 0 Å². The van der Waals surface area contributed by atoms with Crippen molar-refractivity contribution in [2.75, 3.05) is 6.54 Å². The van der Waals surface area contributed by atoms with Gasteiger partial charge in [0.05, 0.1) is 24.8 Å². The van der Waals surface area contributed by atoms with E-state index < -0.39 is 61.1 Å². The fourth-order valence-corrected chi connectivity index (χ4v) is 2.26. The summed E-state index contributed by atoms with van der Waals surface area (Å²) in [6.07, 6.45) is -7.51. The number of nitrogens with one attached hydrogen (secondary N) is 1. The van der Waals surface area contributed by atoms with Crippen molar-refractivity contribution in [2.24, 2.45) is 5.11 Å². The second kappa shape index (κ2) is 7.55. The van der Waals surface area contributed by atoms with E-state index >= 15 is 0 Å². The van der Waals surface area contributed by atoms with Crippen LogP contribution in [0, 0.1) is 0 Å². The van der Waals surface area contributed by atoms with Gasteiger partial charge in [-0.3, -0.25) is 4.79 Å². The van der Waals surface area contributed by atoms with Gasteiger partial charge >= 0.3 is 5.97 Å². The molecular weight excluding hydrogens is 316 g/mol. The summed E-state index contributed by atoms with van der Waals surface area (Å²) in [5.41, 5.74) is 8.20. The lowest BCUT2D eigenvalue weighted by Gasteiger charge is -2.44. The Kier molecular flexibility index (Phi) is 6.27. The third-order valence-electron chi connectivity index (χ3n) is 3.35. The largest absolute Gasteiger partial charge is 0.477 e. The van der Waals surface area contributed by atoms with Gasteiger partial charge in [0.15, 0.2) is 0 Å². The Morgan fingerprint density at radius 3 is 2.61 bits per heavy atom. The number of ether oxygens (including phenoxy) is 1. The number of nitrogens with zero attached hydrogens (tertiary/aromatic N) is 3. The monoisotopic (exact) mass is 334 g/mol. The average molecular weight is 334 g/mol. The third kappa shape index (κ3) is 4.51. The normalized spacial score (nSPS) is 33.2. The van der Waals surface area contributed by atoms with Gasteiger partial charge in [0.25, 0.3) is 5.79 Å². The van der Waals surface area contributed by atoms with Gasteiger partial charge in [0.2, 0.25) is 5.91 Å². The molecule has 1 amide bonds. The number of aliphatic hydroxyl groups is 4. The summed E-state index contributed by atoms with van der Waals surface area (Å²) >= 11 is 0. The predicted octanol–water partition coefficient (Wildman–Crippen LogP) is -2.55. The number of aliphatic carboxylic acids is 1. The molecule has 12 nitrogen and oxygen atoms in total. The van der Waals surface area contributed by atoms with Gasteiger partial charge in [0.1, 0.15) is 12.2 Å². The van der Waals surface area contributed by atoms with E-state index in [4.69, 9.17) is 15.4 Å². The molecule has 6 atom stereocenters. The van der Waals surface area contributed by atoms with E-state index in [9.17, 15) is 30.0 Å². The standard InChI is InChI=1S/C11H18N4O8/c1-4(16)14-7-5(17)2-11(22,10(20)21)23-9(7)8(19)6(18)3-13-15-12/h5-9,17-19,22H,2-3H2,1H3,(H,14,16)(H,20,21)/t5-,6+,7-,8+,9-,11-/m1/s1. The molecule has 0 aromatic rings. The van der Waals surface area contributed by atoms with E-state index in [2.05, 4.69) is 15.3 Å². The lowest BCUT2D eigenvalue weighted by molar-refractivity contribution is -0.294. The van der Waals surface area contributed by atoms with Gasteiger partial charge in [-0.2, -0.15) is 0 Å². The Morgan fingerprint density at radius 1 is 1.52 bits per heavy atom. The van der Waals surface area contributed by atoms with E-state index in [-0.39, 0.29) is 0 Å². The molecule has 0 aliphatic carbocycles. The highest BCUT2D eigenvalue weighted by molar-refractivity contribution is 5.76. The van der Waals surface area contributed by atoms with Crippen LogP contribution in [0.25, 0.3) is 10.4 Å². The average Bonchev–Trinajstić information content (AvgIpc) is 2.46. The van der Waals surface area contributed by atoms with Crippen molar-refractivity contribution in [3.63, 3.8) is 0 Å². The van der Waals surface area contributed by atoms with Crippen LogP contribution in [-0.4, -0.2) is 80.2 Å². The van der Waals surface area contributed by atoms with E-state index in [1.165, 1.54) is 0 Å². The van der Waals surface area contributed by atoms with Crippen molar-refractivity contribution >= 4 is 11.9 Å². The Morgan fingerprint density at radius 2 is 2.13 bits per heavy atom. The molecule has 23 heavy (non-hydrogen) atoms. The fourth-order valence-electron chi connectivity index (χ4n) is 2.26. The molecule has 1 rings (SSSR count). The second-order valence-electron chi connectivity index (χ2n) is 5.14. The van der Waals surface area contributed by atoms with Gasteiger partial charge in [-0.15, -0.1) is 0 Å². The minimum Gasteiger partial charge on any atom is -0.477 e. The lowest BCUT2D eigenvalue weighted by atomic mass is 9.88. The first kappa shape index (κ1) is 19.1. The summed E-state index contributed by atoms with van der Waals surface area (Å²) in [4.78, 5) is 24.7. The van der Waals surface area contributed by atoms with Gasteiger partial charge in [-0.05, 0) is 5.53 Å². The minimum absolute atomic E-state index is 0.564. The predicted molar refractivity (Wildman–Crippen MR) is 71.7 cm³/mol. The summed E-state index contributed by atoms with van der Waals surface area (Å²) in [6.45, 7) is 0.552. The van der Waals surface area contributed by atoms with Gasteiger partial charge in [0, 0.05) is 18.3 Å². The fraction of sp³-hybridized carbons (Fsp3) is 0.818. The summed E-state index contributed by atoms with van der Waals surface area (Å²) in [5, 5.41) is 53.9. The van der Waals surface area contributed by atoms with Crippen molar-refractivity contribution in [1.29, 1.82) is 0 Å². The Bertz CT molecular complexity index is 510. The molecule has 0 spiro atoms. The number of carbonyl (C=O) groups excluding carboxylic acids is 1. The maximum atomic E-state index is 11.2. The Labute approximate surface area is 129 Å². The number of carboxylic acids is 1.